The average molecular weight is 234 g/mol. The maximum atomic E-state index is 11.2. The molecule has 0 aliphatic heterocycles. The first-order valence-corrected chi connectivity index (χ1v) is 5.73. The van der Waals surface area contributed by atoms with E-state index < -0.39 is 5.97 Å². The SMILES string of the molecule is CCOC(=O)C=C(O)c1ccccc1C(C)C. The van der Waals surface area contributed by atoms with E-state index in [0.29, 0.717) is 12.2 Å². The lowest BCUT2D eigenvalue weighted by Crippen LogP contribution is -2.02. The van der Waals surface area contributed by atoms with E-state index in [-0.39, 0.29) is 11.7 Å². The Morgan fingerprint density at radius 2 is 2.06 bits per heavy atom. The highest BCUT2D eigenvalue weighted by atomic mass is 16.5. The molecule has 0 heterocycles. The number of aliphatic hydroxyl groups is 1. The van der Waals surface area contributed by atoms with Crippen LogP contribution in [0.15, 0.2) is 30.3 Å². The average Bonchev–Trinajstić information content (AvgIpc) is 2.29. The Morgan fingerprint density at radius 3 is 2.65 bits per heavy atom. The van der Waals surface area contributed by atoms with E-state index in [4.69, 9.17) is 4.74 Å². The van der Waals surface area contributed by atoms with E-state index in [1.54, 1.807) is 13.0 Å². The molecule has 0 aliphatic rings. The van der Waals surface area contributed by atoms with Gasteiger partial charge in [-0.3, -0.25) is 0 Å². The summed E-state index contributed by atoms with van der Waals surface area (Å²) in [5.41, 5.74) is 1.68. The number of benzene rings is 1. The third kappa shape index (κ3) is 3.63. The minimum absolute atomic E-state index is 0.0484. The minimum Gasteiger partial charge on any atom is -0.507 e. The third-order valence-corrected chi connectivity index (χ3v) is 2.40. The van der Waals surface area contributed by atoms with Crippen LogP contribution in [0.2, 0.25) is 0 Å². The van der Waals surface area contributed by atoms with Gasteiger partial charge in [0.05, 0.1) is 12.7 Å². The summed E-state index contributed by atoms with van der Waals surface area (Å²) in [5.74, 6) is -0.291. The van der Waals surface area contributed by atoms with Crippen LogP contribution in [0.4, 0.5) is 0 Å². The van der Waals surface area contributed by atoms with Gasteiger partial charge in [0.15, 0.2) is 0 Å². The topological polar surface area (TPSA) is 46.5 Å². The summed E-state index contributed by atoms with van der Waals surface area (Å²) in [5, 5.41) is 9.91. The van der Waals surface area contributed by atoms with Gasteiger partial charge in [0.2, 0.25) is 0 Å². The van der Waals surface area contributed by atoms with Crippen molar-refractivity contribution in [3.05, 3.63) is 41.5 Å². The van der Waals surface area contributed by atoms with Crippen molar-refractivity contribution in [3.8, 4) is 0 Å². The maximum absolute atomic E-state index is 11.2. The van der Waals surface area contributed by atoms with Crippen LogP contribution in [-0.2, 0) is 9.53 Å². The number of hydrogen-bond donors (Lipinski definition) is 1. The van der Waals surface area contributed by atoms with Gasteiger partial charge in [0.25, 0.3) is 0 Å². The highest BCUT2D eigenvalue weighted by molar-refractivity contribution is 5.89. The molecule has 0 atom stereocenters. The normalized spacial score (nSPS) is 11.6. The second-order valence-corrected chi connectivity index (χ2v) is 4.02. The lowest BCUT2D eigenvalue weighted by Gasteiger charge is -2.11. The van der Waals surface area contributed by atoms with E-state index in [9.17, 15) is 9.90 Å². The zero-order chi connectivity index (χ0) is 12.8. The van der Waals surface area contributed by atoms with Crippen LogP contribution >= 0.6 is 0 Å². The summed E-state index contributed by atoms with van der Waals surface area (Å²) in [6, 6.07) is 7.47. The van der Waals surface area contributed by atoms with Gasteiger partial charge in [0, 0.05) is 5.56 Å². The highest BCUT2D eigenvalue weighted by Gasteiger charge is 2.10. The molecule has 17 heavy (non-hydrogen) atoms. The molecule has 0 fully saturated rings. The molecular formula is C14H18O3. The van der Waals surface area contributed by atoms with Gasteiger partial charge in [-0.15, -0.1) is 0 Å². The van der Waals surface area contributed by atoms with E-state index in [0.717, 1.165) is 11.6 Å². The quantitative estimate of drug-likeness (QED) is 0.494. The fourth-order valence-electron chi connectivity index (χ4n) is 1.61. The third-order valence-electron chi connectivity index (χ3n) is 2.40. The monoisotopic (exact) mass is 234 g/mol. The molecule has 92 valence electrons. The number of aliphatic hydroxyl groups excluding tert-OH is 1. The fraction of sp³-hybridized carbons (Fsp3) is 0.357. The molecule has 0 bridgehead atoms. The number of ether oxygens (including phenoxy) is 1. The Kier molecular flexibility index (Phi) is 4.76. The van der Waals surface area contributed by atoms with E-state index in [2.05, 4.69) is 0 Å². The Labute approximate surface area is 102 Å². The zero-order valence-electron chi connectivity index (χ0n) is 10.4. The largest absolute Gasteiger partial charge is 0.507 e. The smallest absolute Gasteiger partial charge is 0.334 e. The van der Waals surface area contributed by atoms with Crippen molar-refractivity contribution in [1.82, 2.24) is 0 Å². The van der Waals surface area contributed by atoms with Crippen LogP contribution in [0.3, 0.4) is 0 Å². The number of carbonyl (C=O) groups excluding carboxylic acids is 1. The van der Waals surface area contributed by atoms with Crippen molar-refractivity contribution in [2.75, 3.05) is 6.61 Å². The summed E-state index contributed by atoms with van der Waals surface area (Å²) in [4.78, 5) is 11.2. The number of esters is 1. The molecule has 1 aromatic rings. The first-order chi connectivity index (χ1) is 8.06. The maximum Gasteiger partial charge on any atom is 0.334 e. The molecule has 0 radical (unpaired) electrons. The Bertz CT molecular complexity index is 419. The second-order valence-electron chi connectivity index (χ2n) is 4.02. The molecule has 0 spiro atoms. The standard InChI is InChI=1S/C14H18O3/c1-4-17-14(16)9-13(15)12-8-6-5-7-11(12)10(2)3/h5-10,15H,4H2,1-3H3. The molecular weight excluding hydrogens is 216 g/mol. The molecule has 0 saturated heterocycles. The molecule has 0 amide bonds. The van der Waals surface area contributed by atoms with Crippen molar-refractivity contribution in [2.24, 2.45) is 0 Å². The number of carbonyl (C=O) groups is 1. The van der Waals surface area contributed by atoms with Crippen molar-refractivity contribution in [1.29, 1.82) is 0 Å². The van der Waals surface area contributed by atoms with Gasteiger partial charge < -0.3 is 9.84 Å². The van der Waals surface area contributed by atoms with Crippen LogP contribution < -0.4 is 0 Å². The lowest BCUT2D eigenvalue weighted by atomic mass is 9.96. The lowest BCUT2D eigenvalue weighted by molar-refractivity contribution is -0.137. The van der Waals surface area contributed by atoms with Gasteiger partial charge in [-0.2, -0.15) is 0 Å². The molecule has 0 unspecified atom stereocenters. The number of rotatable bonds is 4. The van der Waals surface area contributed by atoms with Crippen molar-refractivity contribution in [2.45, 2.75) is 26.7 Å². The number of hydrogen-bond acceptors (Lipinski definition) is 3. The van der Waals surface area contributed by atoms with E-state index in [1.807, 2.05) is 32.0 Å². The van der Waals surface area contributed by atoms with Crippen molar-refractivity contribution >= 4 is 11.7 Å². The summed E-state index contributed by atoms with van der Waals surface area (Å²) in [6.45, 7) is 6.10. The predicted molar refractivity (Wildman–Crippen MR) is 67.8 cm³/mol. The Balaban J connectivity index is 3.03. The molecule has 0 aromatic heterocycles. The highest BCUT2D eigenvalue weighted by Crippen LogP contribution is 2.24. The Hall–Kier alpha value is -1.77. The predicted octanol–water partition coefficient (Wildman–Crippen LogP) is 3.27. The summed E-state index contributed by atoms with van der Waals surface area (Å²) >= 11 is 0. The molecule has 1 rings (SSSR count). The first-order valence-electron chi connectivity index (χ1n) is 5.73. The van der Waals surface area contributed by atoms with Crippen LogP contribution in [-0.4, -0.2) is 17.7 Å². The Morgan fingerprint density at radius 1 is 1.41 bits per heavy atom. The molecule has 0 saturated carbocycles. The van der Waals surface area contributed by atoms with Gasteiger partial charge in [0.1, 0.15) is 5.76 Å². The van der Waals surface area contributed by atoms with Crippen LogP contribution in [0.1, 0.15) is 37.8 Å². The zero-order valence-corrected chi connectivity index (χ0v) is 10.4. The van der Waals surface area contributed by atoms with Gasteiger partial charge in [-0.05, 0) is 18.4 Å². The molecule has 3 nitrogen and oxygen atoms in total. The summed E-state index contributed by atoms with van der Waals surface area (Å²) in [6.07, 6.45) is 1.12. The van der Waals surface area contributed by atoms with Gasteiger partial charge in [-0.1, -0.05) is 38.1 Å². The van der Waals surface area contributed by atoms with E-state index in [1.165, 1.54) is 0 Å². The fourth-order valence-corrected chi connectivity index (χ4v) is 1.61. The second kappa shape index (κ2) is 6.09. The van der Waals surface area contributed by atoms with Crippen LogP contribution in [0.25, 0.3) is 5.76 Å². The molecule has 1 aromatic carbocycles. The summed E-state index contributed by atoms with van der Waals surface area (Å²) in [7, 11) is 0. The molecule has 1 N–H and O–H groups in total. The first kappa shape index (κ1) is 13.3. The van der Waals surface area contributed by atoms with Crippen LogP contribution in [0, 0.1) is 0 Å². The molecule has 0 aliphatic carbocycles. The summed E-state index contributed by atoms with van der Waals surface area (Å²) < 4.78 is 4.76. The van der Waals surface area contributed by atoms with E-state index >= 15 is 0 Å². The minimum atomic E-state index is -0.524. The van der Waals surface area contributed by atoms with Gasteiger partial charge in [-0.25, -0.2) is 4.79 Å². The molecule has 3 heteroatoms. The van der Waals surface area contributed by atoms with Crippen molar-refractivity contribution < 1.29 is 14.6 Å². The van der Waals surface area contributed by atoms with Crippen molar-refractivity contribution in [3.63, 3.8) is 0 Å². The van der Waals surface area contributed by atoms with Crippen LogP contribution in [0.5, 0.6) is 0 Å². The van der Waals surface area contributed by atoms with Gasteiger partial charge >= 0.3 is 5.97 Å².